The Morgan fingerprint density at radius 1 is 1.64 bits per heavy atom. The molecule has 2 N–H and O–H groups in total. The van der Waals surface area contributed by atoms with Gasteiger partial charge in [-0.2, -0.15) is 5.26 Å². The SMILES string of the molecule is COCCSc1ccc(N)c(C#N)n1. The molecule has 0 aliphatic carbocycles. The van der Waals surface area contributed by atoms with Crippen LogP contribution in [0, 0.1) is 11.3 Å². The fraction of sp³-hybridized carbons (Fsp3) is 0.333. The molecule has 0 saturated carbocycles. The highest BCUT2D eigenvalue weighted by Gasteiger charge is 2.01. The molecule has 0 radical (unpaired) electrons. The fourth-order valence-electron chi connectivity index (χ4n) is 0.852. The van der Waals surface area contributed by atoms with Crippen molar-refractivity contribution < 1.29 is 4.74 Å². The van der Waals surface area contributed by atoms with Gasteiger partial charge in [0, 0.05) is 12.9 Å². The number of aromatic nitrogens is 1. The van der Waals surface area contributed by atoms with Gasteiger partial charge in [0.1, 0.15) is 6.07 Å². The number of thioether (sulfide) groups is 1. The number of hydrogen-bond donors (Lipinski definition) is 1. The number of methoxy groups -OCH3 is 1. The molecule has 0 aromatic carbocycles. The minimum absolute atomic E-state index is 0.285. The van der Waals surface area contributed by atoms with Gasteiger partial charge in [-0.15, -0.1) is 11.8 Å². The van der Waals surface area contributed by atoms with Gasteiger partial charge in [0.2, 0.25) is 0 Å². The average molecular weight is 209 g/mol. The van der Waals surface area contributed by atoms with Gasteiger partial charge in [-0.3, -0.25) is 0 Å². The number of rotatable bonds is 4. The van der Waals surface area contributed by atoms with Crippen molar-refractivity contribution in [1.82, 2.24) is 4.98 Å². The number of ether oxygens (including phenoxy) is 1. The van der Waals surface area contributed by atoms with Crippen molar-refractivity contribution in [2.75, 3.05) is 25.2 Å². The lowest BCUT2D eigenvalue weighted by atomic mass is 10.3. The van der Waals surface area contributed by atoms with Crippen LogP contribution in [-0.2, 0) is 4.74 Å². The van der Waals surface area contributed by atoms with Crippen molar-refractivity contribution in [1.29, 1.82) is 5.26 Å². The van der Waals surface area contributed by atoms with Gasteiger partial charge in [-0.05, 0) is 12.1 Å². The van der Waals surface area contributed by atoms with Gasteiger partial charge in [-0.1, -0.05) is 0 Å². The zero-order chi connectivity index (χ0) is 10.4. The summed E-state index contributed by atoms with van der Waals surface area (Å²) < 4.78 is 4.91. The summed E-state index contributed by atoms with van der Waals surface area (Å²) in [6.07, 6.45) is 0. The van der Waals surface area contributed by atoms with Crippen molar-refractivity contribution >= 4 is 17.4 Å². The first-order valence-electron chi connectivity index (χ1n) is 4.06. The first-order valence-corrected chi connectivity index (χ1v) is 5.05. The van der Waals surface area contributed by atoms with E-state index < -0.39 is 0 Å². The van der Waals surface area contributed by atoms with Crippen molar-refractivity contribution in [2.24, 2.45) is 0 Å². The van der Waals surface area contributed by atoms with Gasteiger partial charge >= 0.3 is 0 Å². The van der Waals surface area contributed by atoms with Gasteiger partial charge < -0.3 is 10.5 Å². The van der Waals surface area contributed by atoms with Gasteiger partial charge in [0.05, 0.1) is 17.3 Å². The van der Waals surface area contributed by atoms with Crippen LogP contribution in [0.25, 0.3) is 0 Å². The van der Waals surface area contributed by atoms with E-state index in [1.807, 2.05) is 6.07 Å². The lowest BCUT2D eigenvalue weighted by molar-refractivity contribution is 0.218. The predicted molar refractivity (Wildman–Crippen MR) is 56.0 cm³/mol. The number of hydrogen-bond acceptors (Lipinski definition) is 5. The second-order valence-corrected chi connectivity index (χ2v) is 3.66. The molecule has 0 saturated heterocycles. The Hall–Kier alpha value is -1.25. The molecule has 0 atom stereocenters. The van der Waals surface area contributed by atoms with Crippen LogP contribution < -0.4 is 5.73 Å². The van der Waals surface area contributed by atoms with Crippen molar-refractivity contribution in [3.05, 3.63) is 17.8 Å². The van der Waals surface area contributed by atoms with E-state index >= 15 is 0 Å². The van der Waals surface area contributed by atoms with Crippen molar-refractivity contribution in [3.63, 3.8) is 0 Å². The summed E-state index contributed by atoms with van der Waals surface area (Å²) in [6.45, 7) is 0.665. The number of nitrogens with zero attached hydrogens (tertiary/aromatic N) is 2. The molecular weight excluding hydrogens is 198 g/mol. The van der Waals surface area contributed by atoms with E-state index in [1.54, 1.807) is 31.0 Å². The molecule has 4 nitrogen and oxygen atoms in total. The van der Waals surface area contributed by atoms with E-state index in [-0.39, 0.29) is 5.69 Å². The van der Waals surface area contributed by atoms with E-state index in [9.17, 15) is 0 Å². The molecular formula is C9H11N3OS. The molecule has 0 amide bonds. The first-order chi connectivity index (χ1) is 6.77. The topological polar surface area (TPSA) is 71.9 Å². The van der Waals surface area contributed by atoms with Crippen LogP contribution >= 0.6 is 11.8 Å². The number of anilines is 1. The van der Waals surface area contributed by atoms with Crippen LogP contribution in [-0.4, -0.2) is 24.5 Å². The highest BCUT2D eigenvalue weighted by atomic mass is 32.2. The third-order valence-electron chi connectivity index (χ3n) is 1.54. The molecule has 0 unspecified atom stereocenters. The standard InChI is InChI=1S/C9H11N3OS/c1-13-4-5-14-9-3-2-7(11)8(6-10)12-9/h2-3H,4-5,11H2,1H3. The zero-order valence-electron chi connectivity index (χ0n) is 7.86. The van der Waals surface area contributed by atoms with Crippen LogP contribution in [0.15, 0.2) is 17.2 Å². The normalized spacial score (nSPS) is 9.71. The molecule has 5 heteroatoms. The molecule has 0 aliphatic heterocycles. The smallest absolute Gasteiger partial charge is 0.164 e. The maximum atomic E-state index is 8.69. The predicted octanol–water partition coefficient (Wildman–Crippen LogP) is 1.27. The maximum absolute atomic E-state index is 8.69. The molecule has 74 valence electrons. The number of nitriles is 1. The van der Waals surface area contributed by atoms with E-state index in [0.29, 0.717) is 12.3 Å². The summed E-state index contributed by atoms with van der Waals surface area (Å²) in [5, 5.41) is 9.49. The molecule has 0 aliphatic rings. The summed E-state index contributed by atoms with van der Waals surface area (Å²) in [5.74, 6) is 0.818. The molecule has 1 aromatic heterocycles. The Morgan fingerprint density at radius 2 is 2.43 bits per heavy atom. The van der Waals surface area contributed by atoms with Crippen LogP contribution in [0.3, 0.4) is 0 Å². The molecule has 14 heavy (non-hydrogen) atoms. The van der Waals surface area contributed by atoms with Crippen LogP contribution in [0.4, 0.5) is 5.69 Å². The monoisotopic (exact) mass is 209 g/mol. The number of nitrogen functional groups attached to an aromatic ring is 1. The Morgan fingerprint density at radius 3 is 3.07 bits per heavy atom. The molecule has 1 heterocycles. The van der Waals surface area contributed by atoms with Gasteiger partial charge in [0.25, 0.3) is 0 Å². The second-order valence-electron chi connectivity index (χ2n) is 2.54. The summed E-state index contributed by atoms with van der Waals surface area (Å²) in [6, 6.07) is 5.44. The third-order valence-corrected chi connectivity index (χ3v) is 2.44. The molecule has 0 bridgehead atoms. The molecule has 0 spiro atoms. The Bertz CT molecular complexity index is 348. The quantitative estimate of drug-likeness (QED) is 0.597. The lowest BCUT2D eigenvalue weighted by Crippen LogP contribution is -1.96. The van der Waals surface area contributed by atoms with Crippen LogP contribution in [0.1, 0.15) is 5.69 Å². The number of nitrogens with two attached hydrogens (primary N) is 1. The maximum Gasteiger partial charge on any atom is 0.164 e. The third kappa shape index (κ3) is 2.91. The summed E-state index contributed by atoms with van der Waals surface area (Å²) in [4.78, 5) is 4.08. The Labute approximate surface area is 87.1 Å². The molecule has 1 aromatic rings. The van der Waals surface area contributed by atoms with E-state index in [0.717, 1.165) is 10.8 Å². The molecule has 0 fully saturated rings. The van der Waals surface area contributed by atoms with E-state index in [2.05, 4.69) is 4.98 Å². The molecule has 1 rings (SSSR count). The first kappa shape index (κ1) is 10.8. The van der Waals surface area contributed by atoms with E-state index in [4.69, 9.17) is 15.7 Å². The van der Waals surface area contributed by atoms with Crippen molar-refractivity contribution in [2.45, 2.75) is 5.03 Å². The Kier molecular flexibility index (Phi) is 4.23. The fourth-order valence-corrected chi connectivity index (χ4v) is 1.63. The highest BCUT2D eigenvalue weighted by Crippen LogP contribution is 2.18. The van der Waals surface area contributed by atoms with Gasteiger partial charge in [0.15, 0.2) is 5.69 Å². The Balaban J connectivity index is 2.66. The average Bonchev–Trinajstić information content (AvgIpc) is 2.21. The zero-order valence-corrected chi connectivity index (χ0v) is 8.67. The minimum atomic E-state index is 0.285. The van der Waals surface area contributed by atoms with E-state index in [1.165, 1.54) is 0 Å². The van der Waals surface area contributed by atoms with Crippen LogP contribution in [0.2, 0.25) is 0 Å². The second kappa shape index (κ2) is 5.47. The summed E-state index contributed by atoms with van der Waals surface area (Å²) in [5.41, 5.74) is 6.24. The largest absolute Gasteiger partial charge is 0.396 e. The van der Waals surface area contributed by atoms with Gasteiger partial charge in [-0.25, -0.2) is 4.98 Å². The van der Waals surface area contributed by atoms with Crippen LogP contribution in [0.5, 0.6) is 0 Å². The van der Waals surface area contributed by atoms with Crippen molar-refractivity contribution in [3.8, 4) is 6.07 Å². The highest BCUT2D eigenvalue weighted by molar-refractivity contribution is 7.99. The minimum Gasteiger partial charge on any atom is -0.396 e. The lowest BCUT2D eigenvalue weighted by Gasteiger charge is -2.01. The summed E-state index contributed by atoms with van der Waals surface area (Å²) >= 11 is 1.54. The summed E-state index contributed by atoms with van der Waals surface area (Å²) in [7, 11) is 1.65. The number of pyridine rings is 1.